The van der Waals surface area contributed by atoms with Gasteiger partial charge in [0.15, 0.2) is 0 Å². The van der Waals surface area contributed by atoms with Crippen LogP contribution in [0, 0.1) is 10.5 Å². The molecule has 0 fully saturated rings. The number of hydrogen-bond acceptors (Lipinski definition) is 2. The summed E-state index contributed by atoms with van der Waals surface area (Å²) in [6, 6.07) is 5.81. The van der Waals surface area contributed by atoms with E-state index in [0.717, 1.165) is 38.9 Å². The third kappa shape index (κ3) is 3.86. The van der Waals surface area contributed by atoms with Crippen molar-refractivity contribution in [1.82, 2.24) is 9.55 Å². The molecule has 3 nitrogen and oxygen atoms in total. The van der Waals surface area contributed by atoms with Crippen LogP contribution in [-0.2, 0) is 6.54 Å². The van der Waals surface area contributed by atoms with Crippen molar-refractivity contribution in [1.29, 1.82) is 0 Å². The zero-order valence-electron chi connectivity index (χ0n) is 11.1. The first-order valence-electron chi connectivity index (χ1n) is 6.36. The van der Waals surface area contributed by atoms with Crippen molar-refractivity contribution in [2.75, 3.05) is 5.32 Å². The Balaban J connectivity index is 2.22. The van der Waals surface area contributed by atoms with Crippen LogP contribution in [0.25, 0.3) is 0 Å². The lowest BCUT2D eigenvalue weighted by Crippen LogP contribution is -2.04. The van der Waals surface area contributed by atoms with Crippen LogP contribution in [0.3, 0.4) is 0 Å². The van der Waals surface area contributed by atoms with E-state index in [1.807, 2.05) is 25.1 Å². The number of nitrogens with one attached hydrogen (secondary N) is 1. The molecule has 2 rings (SSSR count). The smallest absolute Gasteiger partial charge is 0.207 e. The summed E-state index contributed by atoms with van der Waals surface area (Å²) in [6.45, 7) is 5.20. The fourth-order valence-electron chi connectivity index (χ4n) is 1.86. The van der Waals surface area contributed by atoms with Crippen LogP contribution in [0.1, 0.15) is 25.5 Å². The summed E-state index contributed by atoms with van der Waals surface area (Å²) in [7, 11) is 0. The van der Waals surface area contributed by atoms with Gasteiger partial charge in [0.25, 0.3) is 0 Å². The second kappa shape index (κ2) is 6.61. The Labute approximate surface area is 132 Å². The maximum atomic E-state index is 5.97. The van der Waals surface area contributed by atoms with Crippen molar-refractivity contribution >= 4 is 45.8 Å². The van der Waals surface area contributed by atoms with E-state index >= 15 is 0 Å². The zero-order valence-corrected chi connectivity index (χ0v) is 14.0. The number of halogens is 2. The van der Waals surface area contributed by atoms with Crippen molar-refractivity contribution in [3.8, 4) is 0 Å². The van der Waals surface area contributed by atoms with Crippen LogP contribution in [0.15, 0.2) is 24.4 Å². The van der Waals surface area contributed by atoms with Crippen LogP contribution in [0.2, 0.25) is 5.02 Å². The summed E-state index contributed by atoms with van der Waals surface area (Å²) in [5.41, 5.74) is 2.07. The highest BCUT2D eigenvalue weighted by molar-refractivity contribution is 14.1. The van der Waals surface area contributed by atoms with Crippen molar-refractivity contribution in [2.24, 2.45) is 0 Å². The van der Waals surface area contributed by atoms with E-state index in [1.54, 1.807) is 0 Å². The van der Waals surface area contributed by atoms with Crippen LogP contribution < -0.4 is 5.32 Å². The molecule has 1 aromatic carbocycles. The molecule has 0 atom stereocenters. The molecule has 1 aromatic heterocycles. The summed E-state index contributed by atoms with van der Waals surface area (Å²) < 4.78 is 3.26. The Bertz CT molecular complexity index is 566. The quantitative estimate of drug-likeness (QED) is 0.730. The molecule has 0 aliphatic rings. The van der Waals surface area contributed by atoms with E-state index in [2.05, 4.69) is 50.6 Å². The van der Waals surface area contributed by atoms with Gasteiger partial charge in [-0.1, -0.05) is 24.9 Å². The predicted molar refractivity (Wildman–Crippen MR) is 89.3 cm³/mol. The molecule has 0 saturated carbocycles. The van der Waals surface area contributed by atoms with Gasteiger partial charge >= 0.3 is 0 Å². The fourth-order valence-corrected chi connectivity index (χ4v) is 2.86. The third-order valence-corrected chi connectivity index (χ3v) is 3.95. The van der Waals surface area contributed by atoms with Gasteiger partial charge in [-0.25, -0.2) is 4.98 Å². The summed E-state index contributed by atoms with van der Waals surface area (Å²) in [4.78, 5) is 4.54. The molecule has 0 saturated heterocycles. The van der Waals surface area contributed by atoms with Crippen LogP contribution in [-0.4, -0.2) is 9.55 Å². The molecule has 1 N–H and O–H groups in total. The molecule has 19 heavy (non-hydrogen) atoms. The number of imidazole rings is 1. The first kappa shape index (κ1) is 14.7. The van der Waals surface area contributed by atoms with Gasteiger partial charge in [-0.15, -0.1) is 0 Å². The maximum absolute atomic E-state index is 5.97. The van der Waals surface area contributed by atoms with E-state index in [0.29, 0.717) is 0 Å². The minimum Gasteiger partial charge on any atom is -0.325 e. The van der Waals surface area contributed by atoms with E-state index < -0.39 is 0 Å². The average Bonchev–Trinajstić information content (AvgIpc) is 2.70. The summed E-state index contributed by atoms with van der Waals surface area (Å²) >= 11 is 8.25. The molecule has 0 aliphatic carbocycles. The fraction of sp³-hybridized carbons (Fsp3) is 0.357. The second-order valence-electron chi connectivity index (χ2n) is 4.50. The number of benzene rings is 1. The first-order valence-corrected chi connectivity index (χ1v) is 7.81. The van der Waals surface area contributed by atoms with Gasteiger partial charge < -0.3 is 9.88 Å². The molecule has 0 aliphatic heterocycles. The highest BCUT2D eigenvalue weighted by Gasteiger charge is 2.08. The van der Waals surface area contributed by atoms with E-state index in [4.69, 9.17) is 11.6 Å². The van der Waals surface area contributed by atoms with Gasteiger partial charge in [-0.3, -0.25) is 0 Å². The van der Waals surface area contributed by atoms with Crippen molar-refractivity contribution < 1.29 is 0 Å². The Morgan fingerprint density at radius 2 is 2.21 bits per heavy atom. The van der Waals surface area contributed by atoms with Gasteiger partial charge in [0.1, 0.15) is 0 Å². The lowest BCUT2D eigenvalue weighted by molar-refractivity contribution is 0.637. The SMILES string of the molecule is CCCCn1cc(C)nc1Nc1ccc(Cl)cc1I. The van der Waals surface area contributed by atoms with Gasteiger partial charge in [0, 0.05) is 21.3 Å². The largest absolute Gasteiger partial charge is 0.325 e. The van der Waals surface area contributed by atoms with Gasteiger partial charge in [-0.05, 0) is 54.1 Å². The van der Waals surface area contributed by atoms with Gasteiger partial charge in [-0.2, -0.15) is 0 Å². The number of aryl methyl sites for hydroxylation is 2. The standard InChI is InChI=1S/C14H17ClIN3/c1-3-4-7-19-9-10(2)17-14(19)18-13-6-5-11(15)8-12(13)16/h5-6,8-9H,3-4,7H2,1-2H3,(H,17,18). The highest BCUT2D eigenvalue weighted by atomic mass is 127. The molecule has 0 spiro atoms. The number of rotatable bonds is 5. The van der Waals surface area contributed by atoms with Crippen molar-refractivity contribution in [3.05, 3.63) is 38.7 Å². The molecule has 2 aromatic rings. The Hall–Kier alpha value is -0.750. The minimum atomic E-state index is 0.750. The molecule has 0 bridgehead atoms. The third-order valence-electron chi connectivity index (χ3n) is 2.83. The summed E-state index contributed by atoms with van der Waals surface area (Å²) in [6.07, 6.45) is 4.41. The first-order chi connectivity index (χ1) is 9.10. The van der Waals surface area contributed by atoms with Crippen LogP contribution in [0.4, 0.5) is 11.6 Å². The monoisotopic (exact) mass is 389 g/mol. The molecule has 5 heteroatoms. The Kier molecular flexibility index (Phi) is 5.10. The van der Waals surface area contributed by atoms with Crippen molar-refractivity contribution in [3.63, 3.8) is 0 Å². The lowest BCUT2D eigenvalue weighted by atomic mass is 10.3. The van der Waals surface area contributed by atoms with E-state index in [-0.39, 0.29) is 0 Å². The molecule has 0 amide bonds. The van der Waals surface area contributed by atoms with E-state index in [1.165, 1.54) is 6.42 Å². The number of nitrogens with zero attached hydrogens (tertiary/aromatic N) is 2. The number of anilines is 2. The number of aromatic nitrogens is 2. The van der Waals surface area contributed by atoms with Gasteiger partial charge in [0.2, 0.25) is 5.95 Å². The topological polar surface area (TPSA) is 29.9 Å². The van der Waals surface area contributed by atoms with Crippen molar-refractivity contribution in [2.45, 2.75) is 33.2 Å². The molecule has 102 valence electrons. The Morgan fingerprint density at radius 1 is 1.42 bits per heavy atom. The number of unbranched alkanes of at least 4 members (excludes halogenated alkanes) is 1. The van der Waals surface area contributed by atoms with Crippen LogP contribution >= 0.6 is 34.2 Å². The summed E-state index contributed by atoms with van der Waals surface area (Å²) in [5, 5.41) is 4.13. The zero-order chi connectivity index (χ0) is 13.8. The summed E-state index contributed by atoms with van der Waals surface area (Å²) in [5.74, 6) is 0.895. The molecular weight excluding hydrogens is 373 g/mol. The Morgan fingerprint density at radius 3 is 2.89 bits per heavy atom. The van der Waals surface area contributed by atoms with Gasteiger partial charge in [0.05, 0.1) is 11.4 Å². The molecule has 0 unspecified atom stereocenters. The van der Waals surface area contributed by atoms with E-state index in [9.17, 15) is 0 Å². The maximum Gasteiger partial charge on any atom is 0.207 e. The minimum absolute atomic E-state index is 0.750. The van der Waals surface area contributed by atoms with Crippen LogP contribution in [0.5, 0.6) is 0 Å². The molecule has 1 heterocycles. The lowest BCUT2D eigenvalue weighted by Gasteiger charge is -2.10. The normalized spacial score (nSPS) is 10.7. The second-order valence-corrected chi connectivity index (χ2v) is 6.10. The predicted octanol–water partition coefficient (Wildman–Crippen LogP) is 4.99. The number of hydrogen-bond donors (Lipinski definition) is 1. The highest BCUT2D eigenvalue weighted by Crippen LogP contribution is 2.25. The molecular formula is C14H17ClIN3. The average molecular weight is 390 g/mol. The molecule has 0 radical (unpaired) electrons.